The lowest BCUT2D eigenvalue weighted by Crippen LogP contribution is -2.31. The molecule has 0 heterocycles. The summed E-state index contributed by atoms with van der Waals surface area (Å²) in [6.45, 7) is 1.32. The third-order valence-electron chi connectivity index (χ3n) is 6.94. The maximum absolute atomic E-state index is 13.2. The minimum Gasteiger partial charge on any atom is -0.481 e. The van der Waals surface area contributed by atoms with Gasteiger partial charge in [-0.1, -0.05) is 55.5 Å². The number of aromatic carboxylic acids is 3. The summed E-state index contributed by atoms with van der Waals surface area (Å²) >= 11 is 0. The van der Waals surface area contributed by atoms with Crippen LogP contribution in [0.25, 0.3) is 0 Å². The summed E-state index contributed by atoms with van der Waals surface area (Å²) in [5, 5.41) is 39.5. The molecule has 0 radical (unpaired) electrons. The van der Waals surface area contributed by atoms with E-state index in [9.17, 15) is 49.2 Å². The summed E-state index contributed by atoms with van der Waals surface area (Å²) in [7, 11) is 0. The molecule has 0 spiro atoms. The molecular weight excluding hydrogens is 588 g/mol. The summed E-state index contributed by atoms with van der Waals surface area (Å²) in [6.07, 6.45) is -0.837. The van der Waals surface area contributed by atoms with Gasteiger partial charge in [-0.05, 0) is 42.5 Å². The summed E-state index contributed by atoms with van der Waals surface area (Å²) < 4.78 is 11.1. The Bertz CT molecular complexity index is 1830. The normalized spacial score (nSPS) is 11.9. The average Bonchev–Trinajstić information content (AvgIpc) is 3.00. The number of ether oxygens (including phenoxy) is 2. The molecule has 0 aliphatic heterocycles. The fourth-order valence-corrected chi connectivity index (χ4v) is 4.81. The van der Waals surface area contributed by atoms with Crippen molar-refractivity contribution in [1.82, 2.24) is 0 Å². The molecule has 228 valence electrons. The number of aliphatic carboxylic acids is 1. The number of carbonyl (C=O) groups excluding carboxylic acids is 2. The highest BCUT2D eigenvalue weighted by Crippen LogP contribution is 2.46. The molecule has 0 bridgehead atoms. The van der Waals surface area contributed by atoms with Gasteiger partial charge in [0, 0.05) is 16.5 Å². The molecule has 12 heteroatoms. The maximum atomic E-state index is 13.2. The van der Waals surface area contributed by atoms with Gasteiger partial charge in [0.15, 0.2) is 5.75 Å². The van der Waals surface area contributed by atoms with Gasteiger partial charge in [-0.3, -0.25) is 4.79 Å². The first-order valence-corrected chi connectivity index (χ1v) is 13.1. The first-order valence-electron chi connectivity index (χ1n) is 13.1. The van der Waals surface area contributed by atoms with Gasteiger partial charge in [-0.15, -0.1) is 0 Å². The minimum absolute atomic E-state index is 0.0243. The molecule has 0 saturated carbocycles. The molecule has 0 aromatic heterocycles. The van der Waals surface area contributed by atoms with Crippen LogP contribution in [0, 0.1) is 0 Å². The van der Waals surface area contributed by atoms with Crippen molar-refractivity contribution >= 4 is 35.8 Å². The van der Waals surface area contributed by atoms with E-state index in [1.807, 2.05) is 0 Å². The van der Waals surface area contributed by atoms with E-state index in [4.69, 9.17) is 9.47 Å². The second kappa shape index (κ2) is 12.9. The molecule has 0 fully saturated rings. The van der Waals surface area contributed by atoms with E-state index in [1.54, 1.807) is 24.3 Å². The quantitative estimate of drug-likeness (QED) is 0.131. The number of carboxylic acids is 4. The zero-order valence-electron chi connectivity index (χ0n) is 23.4. The standard InChI is InChI=1S/C33H24O12/c1-33(17-25(34)35,22-14-12-20(28(36)37)16-24(22)44-31(42)18-8-4-2-5-9-18)23-15-13-21(29(38)39)26(30(40)41)27(23)45-32(43)19-10-6-3-7-11-19/h2-16H,17H2,1H3,(H,34,35)(H,36,37)(H,38,39)(H,40,41). The zero-order chi connectivity index (χ0) is 32.9. The molecular formula is C33H24O12. The van der Waals surface area contributed by atoms with Gasteiger partial charge in [-0.2, -0.15) is 0 Å². The molecule has 12 nitrogen and oxygen atoms in total. The van der Waals surface area contributed by atoms with Crippen LogP contribution in [0.5, 0.6) is 11.5 Å². The molecule has 4 aromatic carbocycles. The SMILES string of the molecule is CC(CC(=O)O)(c1ccc(C(=O)O)cc1OC(=O)c1ccccc1)c1ccc(C(=O)O)c(C(=O)O)c1OC(=O)c1ccccc1. The monoisotopic (exact) mass is 612 g/mol. The predicted octanol–water partition coefficient (Wildman–Crippen LogP) is 5.00. The largest absolute Gasteiger partial charge is 0.481 e. The summed E-state index contributed by atoms with van der Waals surface area (Å²) in [4.78, 5) is 74.9. The highest BCUT2D eigenvalue weighted by molar-refractivity contribution is 6.05. The lowest BCUT2D eigenvalue weighted by atomic mass is 9.71. The van der Waals surface area contributed by atoms with Crippen molar-refractivity contribution in [2.75, 3.05) is 0 Å². The number of benzene rings is 4. The molecule has 1 unspecified atom stereocenters. The van der Waals surface area contributed by atoms with Crippen LogP contribution in [-0.2, 0) is 10.2 Å². The van der Waals surface area contributed by atoms with E-state index in [0.29, 0.717) is 0 Å². The fraction of sp³-hybridized carbons (Fsp3) is 0.0909. The summed E-state index contributed by atoms with van der Waals surface area (Å²) in [6, 6.07) is 20.3. The highest BCUT2D eigenvalue weighted by atomic mass is 16.5. The van der Waals surface area contributed by atoms with Crippen molar-refractivity contribution in [2.24, 2.45) is 0 Å². The van der Waals surface area contributed by atoms with E-state index in [0.717, 1.165) is 24.3 Å². The Morgan fingerprint density at radius 3 is 1.62 bits per heavy atom. The number of carbonyl (C=O) groups is 6. The van der Waals surface area contributed by atoms with Crippen LogP contribution >= 0.6 is 0 Å². The minimum atomic E-state index is -1.91. The topological polar surface area (TPSA) is 202 Å². The van der Waals surface area contributed by atoms with Crippen molar-refractivity contribution in [3.8, 4) is 11.5 Å². The summed E-state index contributed by atoms with van der Waals surface area (Å²) in [5.41, 5.74) is -4.24. The van der Waals surface area contributed by atoms with Gasteiger partial charge in [-0.25, -0.2) is 24.0 Å². The van der Waals surface area contributed by atoms with E-state index in [1.165, 1.54) is 49.4 Å². The van der Waals surface area contributed by atoms with Crippen LogP contribution < -0.4 is 9.47 Å². The van der Waals surface area contributed by atoms with Crippen molar-refractivity contribution in [3.63, 3.8) is 0 Å². The smallest absolute Gasteiger partial charge is 0.343 e. The van der Waals surface area contributed by atoms with Gasteiger partial charge < -0.3 is 29.9 Å². The van der Waals surface area contributed by atoms with E-state index in [2.05, 4.69) is 0 Å². The number of hydrogen-bond donors (Lipinski definition) is 4. The molecule has 4 N–H and O–H groups in total. The Kier molecular flexibility index (Phi) is 9.08. The Hall–Kier alpha value is -6.30. The van der Waals surface area contributed by atoms with Gasteiger partial charge in [0.1, 0.15) is 11.3 Å². The van der Waals surface area contributed by atoms with Gasteiger partial charge >= 0.3 is 35.8 Å². The van der Waals surface area contributed by atoms with Crippen LogP contribution in [0.15, 0.2) is 91.0 Å². The highest BCUT2D eigenvalue weighted by Gasteiger charge is 2.41. The molecule has 4 aromatic rings. The van der Waals surface area contributed by atoms with Crippen LogP contribution in [0.3, 0.4) is 0 Å². The van der Waals surface area contributed by atoms with E-state index in [-0.39, 0.29) is 33.6 Å². The van der Waals surface area contributed by atoms with Gasteiger partial charge in [0.05, 0.1) is 28.7 Å². The van der Waals surface area contributed by atoms with Crippen LogP contribution in [0.2, 0.25) is 0 Å². The third-order valence-corrected chi connectivity index (χ3v) is 6.94. The average molecular weight is 613 g/mol. The number of carboxylic acid groups (broad SMARTS) is 4. The maximum Gasteiger partial charge on any atom is 0.343 e. The van der Waals surface area contributed by atoms with Crippen LogP contribution in [0.1, 0.15) is 76.3 Å². The lowest BCUT2D eigenvalue weighted by Gasteiger charge is -2.33. The van der Waals surface area contributed by atoms with Gasteiger partial charge in [0.25, 0.3) is 0 Å². The Morgan fingerprint density at radius 2 is 1.13 bits per heavy atom. The Morgan fingerprint density at radius 1 is 0.600 bits per heavy atom. The third kappa shape index (κ3) is 6.70. The first kappa shape index (κ1) is 31.6. The van der Waals surface area contributed by atoms with E-state index < -0.39 is 64.5 Å². The number of rotatable bonds is 11. The molecule has 45 heavy (non-hydrogen) atoms. The molecule has 0 amide bonds. The lowest BCUT2D eigenvalue weighted by molar-refractivity contribution is -0.138. The van der Waals surface area contributed by atoms with Gasteiger partial charge in [0.2, 0.25) is 0 Å². The molecule has 1 atom stereocenters. The fourth-order valence-electron chi connectivity index (χ4n) is 4.81. The second-order valence-corrected chi connectivity index (χ2v) is 9.90. The predicted molar refractivity (Wildman–Crippen MR) is 155 cm³/mol. The molecule has 4 rings (SSSR count). The second-order valence-electron chi connectivity index (χ2n) is 9.90. The Labute approximate surface area is 254 Å². The molecule has 0 saturated heterocycles. The molecule has 0 aliphatic rings. The van der Waals surface area contributed by atoms with E-state index >= 15 is 0 Å². The van der Waals surface area contributed by atoms with Crippen molar-refractivity contribution in [3.05, 3.63) is 130 Å². The first-order chi connectivity index (χ1) is 21.3. The van der Waals surface area contributed by atoms with Crippen molar-refractivity contribution < 1.29 is 58.7 Å². The number of esters is 2. The molecule has 0 aliphatic carbocycles. The number of hydrogen-bond acceptors (Lipinski definition) is 8. The van der Waals surface area contributed by atoms with Crippen molar-refractivity contribution in [1.29, 1.82) is 0 Å². The van der Waals surface area contributed by atoms with Crippen molar-refractivity contribution in [2.45, 2.75) is 18.8 Å². The summed E-state index contributed by atoms with van der Waals surface area (Å²) in [5.74, 6) is -9.42. The van der Waals surface area contributed by atoms with Crippen LogP contribution in [-0.4, -0.2) is 56.2 Å². The zero-order valence-corrected chi connectivity index (χ0v) is 23.4. The van der Waals surface area contributed by atoms with Crippen LogP contribution in [0.4, 0.5) is 0 Å². The Balaban J connectivity index is 2.03.